The van der Waals surface area contributed by atoms with Gasteiger partial charge in [0.05, 0.1) is 5.56 Å². The number of aromatic nitrogens is 2. The summed E-state index contributed by atoms with van der Waals surface area (Å²) in [6, 6.07) is 18.1. The van der Waals surface area contributed by atoms with E-state index in [2.05, 4.69) is 44.5 Å². The lowest BCUT2D eigenvalue weighted by Gasteiger charge is -2.18. The van der Waals surface area contributed by atoms with Crippen molar-refractivity contribution in [3.05, 3.63) is 78.1 Å². The first-order valence-electron chi connectivity index (χ1n) is 9.92. The minimum Gasteiger partial charge on any atom is -0.372 e. The van der Waals surface area contributed by atoms with Crippen LogP contribution in [-0.4, -0.2) is 36.0 Å². The smallest absolute Gasteiger partial charge is 0.258 e. The Bertz CT molecular complexity index is 935. The quantitative estimate of drug-likeness (QED) is 0.694. The van der Waals surface area contributed by atoms with Gasteiger partial charge in [-0.15, -0.1) is 0 Å². The molecule has 0 atom stereocenters. The lowest BCUT2D eigenvalue weighted by Crippen LogP contribution is -2.20. The van der Waals surface area contributed by atoms with Crippen LogP contribution in [0.25, 0.3) is 0 Å². The minimum absolute atomic E-state index is 0.212. The van der Waals surface area contributed by atoms with Crippen LogP contribution in [-0.2, 0) is 6.54 Å². The fraction of sp³-hybridized carbons (Fsp3) is 0.261. The molecule has 1 fully saturated rings. The molecule has 148 valence electrons. The van der Waals surface area contributed by atoms with Gasteiger partial charge in [-0.2, -0.15) is 0 Å². The van der Waals surface area contributed by atoms with Gasteiger partial charge in [0.15, 0.2) is 0 Å². The van der Waals surface area contributed by atoms with E-state index >= 15 is 0 Å². The van der Waals surface area contributed by atoms with Gasteiger partial charge in [-0.25, -0.2) is 9.97 Å². The summed E-state index contributed by atoms with van der Waals surface area (Å²) in [5.74, 6) is 0.372. The van der Waals surface area contributed by atoms with Crippen molar-refractivity contribution >= 4 is 23.2 Å². The zero-order valence-electron chi connectivity index (χ0n) is 16.6. The highest BCUT2D eigenvalue weighted by Gasteiger charge is 2.13. The maximum absolute atomic E-state index is 12.5. The van der Waals surface area contributed by atoms with Gasteiger partial charge in [-0.05, 0) is 42.7 Å². The fourth-order valence-electron chi connectivity index (χ4n) is 3.50. The molecule has 1 saturated heterocycles. The number of nitrogens with one attached hydrogen (secondary N) is 1. The molecule has 29 heavy (non-hydrogen) atoms. The number of anilines is 3. The second-order valence-electron chi connectivity index (χ2n) is 7.31. The summed E-state index contributed by atoms with van der Waals surface area (Å²) < 4.78 is 0. The summed E-state index contributed by atoms with van der Waals surface area (Å²) in [5, 5.41) is 2.91. The van der Waals surface area contributed by atoms with E-state index in [9.17, 15) is 4.79 Å². The lowest BCUT2D eigenvalue weighted by atomic mass is 10.2. The van der Waals surface area contributed by atoms with Crippen molar-refractivity contribution in [2.75, 3.05) is 35.3 Å². The third-order valence-electron chi connectivity index (χ3n) is 5.10. The lowest BCUT2D eigenvalue weighted by molar-refractivity contribution is 0.102. The van der Waals surface area contributed by atoms with Crippen molar-refractivity contribution in [3.63, 3.8) is 0 Å². The summed E-state index contributed by atoms with van der Waals surface area (Å²) in [6.45, 7) is 2.91. The van der Waals surface area contributed by atoms with Crippen molar-refractivity contribution < 1.29 is 4.79 Å². The Morgan fingerprint density at radius 3 is 2.31 bits per heavy atom. The standard InChI is InChI=1S/C23H25N5O/c1-27(17-18-7-3-2-4-8-18)23-24-15-19(16-25-23)22(29)26-20-9-11-21(12-10-20)28-13-5-6-14-28/h2-4,7-12,15-16H,5-6,13-14,17H2,1H3,(H,26,29). The molecule has 2 aromatic carbocycles. The topological polar surface area (TPSA) is 61.4 Å². The molecule has 0 spiro atoms. The van der Waals surface area contributed by atoms with Crippen molar-refractivity contribution in [1.82, 2.24) is 9.97 Å². The highest BCUT2D eigenvalue weighted by Crippen LogP contribution is 2.22. The van der Waals surface area contributed by atoms with Crippen molar-refractivity contribution in [1.29, 1.82) is 0 Å². The number of amides is 1. The van der Waals surface area contributed by atoms with E-state index in [1.54, 1.807) is 12.4 Å². The number of hydrogen-bond acceptors (Lipinski definition) is 5. The molecule has 0 unspecified atom stereocenters. The van der Waals surface area contributed by atoms with Crippen LogP contribution in [0.4, 0.5) is 17.3 Å². The summed E-state index contributed by atoms with van der Waals surface area (Å²) >= 11 is 0. The monoisotopic (exact) mass is 387 g/mol. The molecular weight excluding hydrogens is 362 g/mol. The first kappa shape index (κ1) is 18.9. The predicted octanol–water partition coefficient (Wildman–Crippen LogP) is 3.97. The number of rotatable bonds is 6. The molecule has 6 heteroatoms. The van der Waals surface area contributed by atoms with Crippen LogP contribution in [0, 0.1) is 0 Å². The highest BCUT2D eigenvalue weighted by atomic mass is 16.1. The number of carbonyl (C=O) groups excluding carboxylic acids is 1. The summed E-state index contributed by atoms with van der Waals surface area (Å²) in [5.41, 5.74) is 3.58. The SMILES string of the molecule is CN(Cc1ccccc1)c1ncc(C(=O)Nc2ccc(N3CCCC3)cc2)cn1. The Balaban J connectivity index is 1.36. The summed E-state index contributed by atoms with van der Waals surface area (Å²) in [4.78, 5) is 25.5. The van der Waals surface area contributed by atoms with Crippen molar-refractivity contribution in [2.45, 2.75) is 19.4 Å². The van der Waals surface area contributed by atoms with E-state index in [0.29, 0.717) is 18.1 Å². The van der Waals surface area contributed by atoms with E-state index in [1.807, 2.05) is 42.3 Å². The Morgan fingerprint density at radius 1 is 1.00 bits per heavy atom. The van der Waals surface area contributed by atoms with E-state index < -0.39 is 0 Å². The minimum atomic E-state index is -0.212. The first-order chi connectivity index (χ1) is 14.2. The van der Waals surface area contributed by atoms with Crippen molar-refractivity contribution in [3.8, 4) is 0 Å². The van der Waals surface area contributed by atoms with Gasteiger partial charge in [0.2, 0.25) is 5.95 Å². The van der Waals surface area contributed by atoms with Crippen LogP contribution in [0.2, 0.25) is 0 Å². The highest BCUT2D eigenvalue weighted by molar-refractivity contribution is 6.03. The van der Waals surface area contributed by atoms with Crippen LogP contribution in [0.3, 0.4) is 0 Å². The van der Waals surface area contributed by atoms with Crippen LogP contribution >= 0.6 is 0 Å². The van der Waals surface area contributed by atoms with E-state index in [0.717, 1.165) is 18.8 Å². The molecule has 4 rings (SSSR count). The Morgan fingerprint density at radius 2 is 1.66 bits per heavy atom. The second-order valence-corrected chi connectivity index (χ2v) is 7.31. The molecule has 1 N–H and O–H groups in total. The number of carbonyl (C=O) groups is 1. The van der Waals surface area contributed by atoms with E-state index in [1.165, 1.54) is 24.1 Å². The number of benzene rings is 2. The molecule has 0 bridgehead atoms. The maximum Gasteiger partial charge on any atom is 0.258 e. The van der Waals surface area contributed by atoms with Gasteiger partial charge in [0.1, 0.15) is 0 Å². The van der Waals surface area contributed by atoms with E-state index in [-0.39, 0.29) is 5.91 Å². The van der Waals surface area contributed by atoms with Gasteiger partial charge in [-0.3, -0.25) is 4.79 Å². The average Bonchev–Trinajstić information content (AvgIpc) is 3.30. The summed E-state index contributed by atoms with van der Waals surface area (Å²) in [6.07, 6.45) is 5.62. The van der Waals surface area contributed by atoms with Gasteiger partial charge in [0.25, 0.3) is 5.91 Å². The normalized spacial score (nSPS) is 13.3. The molecule has 6 nitrogen and oxygen atoms in total. The van der Waals surface area contributed by atoms with Gasteiger partial charge < -0.3 is 15.1 Å². The molecule has 1 aromatic heterocycles. The largest absolute Gasteiger partial charge is 0.372 e. The Kier molecular flexibility index (Phi) is 5.70. The molecule has 2 heterocycles. The van der Waals surface area contributed by atoms with Crippen LogP contribution in [0.5, 0.6) is 0 Å². The van der Waals surface area contributed by atoms with Gasteiger partial charge >= 0.3 is 0 Å². The van der Waals surface area contributed by atoms with Gasteiger partial charge in [0, 0.05) is 50.5 Å². The predicted molar refractivity (Wildman–Crippen MR) is 116 cm³/mol. The second kappa shape index (κ2) is 8.73. The zero-order chi connectivity index (χ0) is 20.1. The fourth-order valence-corrected chi connectivity index (χ4v) is 3.50. The molecule has 1 aliphatic rings. The maximum atomic E-state index is 12.5. The third kappa shape index (κ3) is 4.71. The van der Waals surface area contributed by atoms with E-state index in [4.69, 9.17) is 0 Å². The molecule has 0 saturated carbocycles. The van der Waals surface area contributed by atoms with Gasteiger partial charge in [-0.1, -0.05) is 30.3 Å². The van der Waals surface area contributed by atoms with Crippen LogP contribution in [0.15, 0.2) is 67.0 Å². The number of hydrogen-bond donors (Lipinski definition) is 1. The molecule has 1 aliphatic heterocycles. The Labute approximate surface area is 171 Å². The Hall–Kier alpha value is -3.41. The average molecular weight is 387 g/mol. The molecule has 0 radical (unpaired) electrons. The molecule has 3 aromatic rings. The van der Waals surface area contributed by atoms with Crippen molar-refractivity contribution in [2.24, 2.45) is 0 Å². The number of nitrogens with zero attached hydrogens (tertiary/aromatic N) is 4. The summed E-state index contributed by atoms with van der Waals surface area (Å²) in [7, 11) is 1.93. The third-order valence-corrected chi connectivity index (χ3v) is 5.10. The molecule has 1 amide bonds. The first-order valence-corrected chi connectivity index (χ1v) is 9.92. The molecular formula is C23H25N5O. The van der Waals surface area contributed by atoms with Crippen LogP contribution in [0.1, 0.15) is 28.8 Å². The zero-order valence-corrected chi connectivity index (χ0v) is 16.6. The molecule has 0 aliphatic carbocycles. The van der Waals surface area contributed by atoms with Crippen LogP contribution < -0.4 is 15.1 Å².